The van der Waals surface area contributed by atoms with Gasteiger partial charge in [-0.3, -0.25) is 0 Å². The Labute approximate surface area is 80.1 Å². The minimum Gasteiger partial charge on any atom is -0.487 e. The van der Waals surface area contributed by atoms with E-state index in [-0.39, 0.29) is 11.8 Å². The van der Waals surface area contributed by atoms with Gasteiger partial charge in [-0.2, -0.15) is 13.8 Å². The summed E-state index contributed by atoms with van der Waals surface area (Å²) in [6, 6.07) is 2.60. The van der Waals surface area contributed by atoms with Crippen LogP contribution in [0, 0.1) is 11.9 Å². The molecule has 0 aromatic carbocycles. The number of nitrogens with zero attached hydrogens (tertiary/aromatic N) is 1. The summed E-state index contributed by atoms with van der Waals surface area (Å²) in [6.07, 6.45) is 1.02. The second-order valence-corrected chi connectivity index (χ2v) is 3.17. The van der Waals surface area contributed by atoms with E-state index in [9.17, 15) is 8.78 Å². The Bertz CT molecular complexity index is 329. The van der Waals surface area contributed by atoms with Gasteiger partial charge in [-0.1, -0.05) is 0 Å². The molecule has 0 aliphatic carbocycles. The summed E-state index contributed by atoms with van der Waals surface area (Å²) in [6.45, 7) is 1.36. The number of aromatic nitrogens is 1. The van der Waals surface area contributed by atoms with Gasteiger partial charge >= 0.3 is 0 Å². The first-order valence-corrected chi connectivity index (χ1v) is 4.44. The molecule has 0 amide bonds. The summed E-state index contributed by atoms with van der Waals surface area (Å²) in [5.74, 6) is -1.74. The highest BCUT2D eigenvalue weighted by molar-refractivity contribution is 5.18. The summed E-state index contributed by atoms with van der Waals surface area (Å²) < 4.78 is 30.5. The zero-order chi connectivity index (χ0) is 9.97. The molecule has 0 unspecified atom stereocenters. The Kier molecular flexibility index (Phi) is 2.58. The minimum absolute atomic E-state index is 0.0000926. The number of hydrogen-bond donors (Lipinski definition) is 1. The predicted molar refractivity (Wildman–Crippen MR) is 46.1 cm³/mol. The zero-order valence-corrected chi connectivity index (χ0v) is 7.46. The van der Waals surface area contributed by atoms with Crippen molar-refractivity contribution in [3.05, 3.63) is 24.0 Å². The third-order valence-corrected chi connectivity index (χ3v) is 2.15. The Morgan fingerprint density at radius 3 is 2.86 bits per heavy atom. The standard InChI is InChI=1S/C9H10F2N2O/c10-8-2-1-7(9(11)13-8)14-5-6-3-4-12-6/h1-2,6,12H,3-5H2/t6-/m0/s1. The summed E-state index contributed by atoms with van der Waals surface area (Å²) in [5.41, 5.74) is 0. The van der Waals surface area contributed by atoms with Crippen molar-refractivity contribution < 1.29 is 13.5 Å². The van der Waals surface area contributed by atoms with Crippen molar-refractivity contribution in [2.75, 3.05) is 13.2 Å². The van der Waals surface area contributed by atoms with E-state index in [4.69, 9.17) is 4.74 Å². The van der Waals surface area contributed by atoms with Crippen LogP contribution in [0.2, 0.25) is 0 Å². The molecule has 2 heterocycles. The van der Waals surface area contributed by atoms with Crippen molar-refractivity contribution in [2.45, 2.75) is 12.5 Å². The van der Waals surface area contributed by atoms with Crippen LogP contribution in [-0.4, -0.2) is 24.2 Å². The molecule has 1 aromatic heterocycles. The lowest BCUT2D eigenvalue weighted by molar-refractivity contribution is 0.208. The van der Waals surface area contributed by atoms with E-state index in [1.807, 2.05) is 0 Å². The minimum atomic E-state index is -0.899. The molecular formula is C9H10F2N2O. The average Bonchev–Trinajstić information content (AvgIpc) is 2.05. The first-order chi connectivity index (χ1) is 6.75. The Hall–Kier alpha value is -1.23. The number of nitrogens with one attached hydrogen (secondary N) is 1. The van der Waals surface area contributed by atoms with E-state index in [0.29, 0.717) is 6.61 Å². The summed E-state index contributed by atoms with van der Waals surface area (Å²) in [4.78, 5) is 3.02. The van der Waals surface area contributed by atoms with Crippen molar-refractivity contribution in [2.24, 2.45) is 0 Å². The molecule has 1 aliphatic rings. The maximum Gasteiger partial charge on any atom is 0.257 e. The van der Waals surface area contributed by atoms with Gasteiger partial charge in [-0.25, -0.2) is 0 Å². The van der Waals surface area contributed by atoms with Crippen molar-refractivity contribution in [3.63, 3.8) is 0 Å². The number of halogens is 2. The maximum absolute atomic E-state index is 12.9. The molecule has 76 valence electrons. The largest absolute Gasteiger partial charge is 0.487 e. The average molecular weight is 200 g/mol. The van der Waals surface area contributed by atoms with Gasteiger partial charge in [-0.05, 0) is 25.1 Å². The summed E-state index contributed by atoms with van der Waals surface area (Å²) in [5, 5.41) is 3.10. The van der Waals surface area contributed by atoms with Crippen molar-refractivity contribution in [3.8, 4) is 5.75 Å². The Morgan fingerprint density at radius 2 is 2.29 bits per heavy atom. The smallest absolute Gasteiger partial charge is 0.257 e. The van der Waals surface area contributed by atoms with Gasteiger partial charge in [0.1, 0.15) is 6.61 Å². The molecule has 5 heteroatoms. The number of hydrogen-bond acceptors (Lipinski definition) is 3. The normalized spacial score (nSPS) is 20.3. The fraction of sp³-hybridized carbons (Fsp3) is 0.444. The molecule has 0 bridgehead atoms. The summed E-state index contributed by atoms with van der Waals surface area (Å²) in [7, 11) is 0. The van der Waals surface area contributed by atoms with Crippen LogP contribution in [0.4, 0.5) is 8.78 Å². The third kappa shape index (κ3) is 1.98. The monoisotopic (exact) mass is 200 g/mol. The summed E-state index contributed by atoms with van der Waals surface area (Å²) >= 11 is 0. The van der Waals surface area contributed by atoms with Crippen LogP contribution >= 0.6 is 0 Å². The highest BCUT2D eigenvalue weighted by atomic mass is 19.1. The molecule has 1 atom stereocenters. The second kappa shape index (κ2) is 3.88. The van der Waals surface area contributed by atoms with Crippen molar-refractivity contribution >= 4 is 0 Å². The first kappa shape index (κ1) is 9.33. The van der Waals surface area contributed by atoms with Crippen LogP contribution in [0.3, 0.4) is 0 Å². The highest BCUT2D eigenvalue weighted by Gasteiger charge is 2.17. The molecule has 0 radical (unpaired) electrons. The lowest BCUT2D eigenvalue weighted by Crippen LogP contribution is -2.46. The highest BCUT2D eigenvalue weighted by Crippen LogP contribution is 2.15. The van der Waals surface area contributed by atoms with Crippen LogP contribution in [0.5, 0.6) is 5.75 Å². The molecule has 1 aliphatic heterocycles. The third-order valence-electron chi connectivity index (χ3n) is 2.15. The van der Waals surface area contributed by atoms with E-state index >= 15 is 0 Å². The molecule has 1 saturated heterocycles. The number of rotatable bonds is 3. The van der Waals surface area contributed by atoms with Crippen molar-refractivity contribution in [1.29, 1.82) is 0 Å². The Balaban J connectivity index is 1.94. The lowest BCUT2D eigenvalue weighted by atomic mass is 10.1. The molecule has 14 heavy (non-hydrogen) atoms. The molecule has 0 spiro atoms. The van der Waals surface area contributed by atoms with E-state index in [2.05, 4.69) is 10.3 Å². The quantitative estimate of drug-likeness (QED) is 0.742. The van der Waals surface area contributed by atoms with Crippen LogP contribution in [0.1, 0.15) is 6.42 Å². The second-order valence-electron chi connectivity index (χ2n) is 3.17. The molecule has 1 N–H and O–H groups in total. The van der Waals surface area contributed by atoms with Crippen LogP contribution < -0.4 is 10.1 Å². The van der Waals surface area contributed by atoms with Crippen LogP contribution in [0.15, 0.2) is 12.1 Å². The lowest BCUT2D eigenvalue weighted by Gasteiger charge is -2.27. The number of pyridine rings is 1. The molecule has 0 saturated carbocycles. The van der Waals surface area contributed by atoms with Gasteiger partial charge in [0.2, 0.25) is 5.95 Å². The van der Waals surface area contributed by atoms with Crippen molar-refractivity contribution in [1.82, 2.24) is 10.3 Å². The molecule has 1 fully saturated rings. The van der Waals surface area contributed by atoms with Crippen LogP contribution in [0.25, 0.3) is 0 Å². The van der Waals surface area contributed by atoms with E-state index in [1.54, 1.807) is 0 Å². The van der Waals surface area contributed by atoms with Crippen LogP contribution in [-0.2, 0) is 0 Å². The molecule has 2 rings (SSSR count). The molecule has 1 aromatic rings. The van der Waals surface area contributed by atoms with Gasteiger partial charge in [0.05, 0.1) is 0 Å². The van der Waals surface area contributed by atoms with Gasteiger partial charge < -0.3 is 10.1 Å². The maximum atomic E-state index is 12.9. The van der Waals surface area contributed by atoms with Gasteiger partial charge in [0.15, 0.2) is 5.75 Å². The zero-order valence-electron chi connectivity index (χ0n) is 7.46. The van der Waals surface area contributed by atoms with Gasteiger partial charge in [0, 0.05) is 6.04 Å². The van der Waals surface area contributed by atoms with E-state index < -0.39 is 11.9 Å². The fourth-order valence-corrected chi connectivity index (χ4v) is 1.19. The molecule has 3 nitrogen and oxygen atoms in total. The van der Waals surface area contributed by atoms with Gasteiger partial charge in [0.25, 0.3) is 5.95 Å². The van der Waals surface area contributed by atoms with E-state index in [0.717, 1.165) is 19.0 Å². The first-order valence-electron chi connectivity index (χ1n) is 4.44. The topological polar surface area (TPSA) is 34.1 Å². The van der Waals surface area contributed by atoms with Gasteiger partial charge in [-0.15, -0.1) is 0 Å². The predicted octanol–water partition coefficient (Wildman–Crippen LogP) is 1.10. The van der Waals surface area contributed by atoms with E-state index in [1.165, 1.54) is 6.07 Å². The SMILES string of the molecule is Fc1ccc(OC[C@@H]2CCN2)c(F)n1. The Morgan fingerprint density at radius 1 is 1.50 bits per heavy atom. The number of ether oxygens (including phenoxy) is 1. The fourth-order valence-electron chi connectivity index (χ4n) is 1.19. The molecular weight excluding hydrogens is 190 g/mol.